The molecule has 0 aromatic heterocycles. The Balaban J connectivity index is 1.52. The number of oxime groups is 1. The van der Waals surface area contributed by atoms with Gasteiger partial charge in [-0.25, -0.2) is 0 Å². The van der Waals surface area contributed by atoms with Crippen molar-refractivity contribution in [3.05, 3.63) is 0 Å². The van der Waals surface area contributed by atoms with Gasteiger partial charge in [-0.3, -0.25) is 4.90 Å². The van der Waals surface area contributed by atoms with E-state index in [1.807, 2.05) is 0 Å². The molecule has 0 spiro atoms. The van der Waals surface area contributed by atoms with Gasteiger partial charge in [0.2, 0.25) is 0 Å². The minimum Gasteiger partial charge on any atom is -0.411 e. The lowest BCUT2D eigenvalue weighted by Gasteiger charge is -2.53. The van der Waals surface area contributed by atoms with Crippen LogP contribution in [0.2, 0.25) is 0 Å². The van der Waals surface area contributed by atoms with Crippen LogP contribution in [0.5, 0.6) is 0 Å². The molecule has 20 heavy (non-hydrogen) atoms. The average molecular weight is 276 g/mol. The van der Waals surface area contributed by atoms with E-state index in [0.29, 0.717) is 12.1 Å². The third-order valence-electron chi connectivity index (χ3n) is 6.53. The van der Waals surface area contributed by atoms with Crippen LogP contribution in [-0.2, 0) is 0 Å². The Morgan fingerprint density at radius 2 is 1.40 bits per heavy atom. The number of hydrogen-bond acceptors (Lipinski definition) is 3. The summed E-state index contributed by atoms with van der Waals surface area (Å²) in [4.78, 5) is 2.89. The van der Waals surface area contributed by atoms with E-state index in [1.54, 1.807) is 0 Å². The fourth-order valence-electron chi connectivity index (χ4n) is 5.85. The number of piperidine rings is 2. The minimum absolute atomic E-state index is 0.678. The number of rotatable bonds is 1. The molecule has 4 aliphatic rings. The number of nitrogens with zero attached hydrogens (tertiary/aromatic N) is 2. The Labute approximate surface area is 122 Å². The highest BCUT2D eigenvalue weighted by Gasteiger charge is 2.43. The van der Waals surface area contributed by atoms with Gasteiger partial charge < -0.3 is 5.21 Å². The predicted octanol–water partition coefficient (Wildman–Crippen LogP) is 3.80. The highest BCUT2D eigenvalue weighted by molar-refractivity contribution is 5.86. The molecule has 0 amide bonds. The summed E-state index contributed by atoms with van der Waals surface area (Å²) in [6.07, 6.45) is 15.0. The molecule has 112 valence electrons. The van der Waals surface area contributed by atoms with Gasteiger partial charge in [0, 0.05) is 31.0 Å². The molecule has 2 saturated carbocycles. The van der Waals surface area contributed by atoms with E-state index >= 15 is 0 Å². The summed E-state index contributed by atoms with van der Waals surface area (Å²) in [5, 5.41) is 12.7. The molecule has 1 unspecified atom stereocenters. The smallest absolute Gasteiger partial charge is 0.0601 e. The predicted molar refractivity (Wildman–Crippen MR) is 80.2 cm³/mol. The third kappa shape index (κ3) is 2.28. The molecule has 3 heteroatoms. The van der Waals surface area contributed by atoms with Crippen LogP contribution >= 0.6 is 0 Å². The standard InChI is InChI=1S/C17H28N2O/c20-18-14-10-15-5-2-6-16(11-14)19(15)17-8-12-3-1-4-13(7-12)9-17/h12-13,15-17,20H,1-11H2/t12-,13+,15-,16+,17?. The molecule has 5 atom stereocenters. The summed E-state index contributed by atoms with van der Waals surface area (Å²) in [7, 11) is 0. The molecule has 4 bridgehead atoms. The van der Waals surface area contributed by atoms with Crippen LogP contribution in [0.1, 0.15) is 70.6 Å². The molecule has 4 fully saturated rings. The Bertz CT molecular complexity index is 366. The molecular weight excluding hydrogens is 248 g/mol. The van der Waals surface area contributed by atoms with Crippen molar-refractivity contribution >= 4 is 5.71 Å². The van der Waals surface area contributed by atoms with E-state index in [0.717, 1.165) is 36.4 Å². The Morgan fingerprint density at radius 1 is 0.800 bits per heavy atom. The van der Waals surface area contributed by atoms with Gasteiger partial charge in [-0.1, -0.05) is 30.8 Å². The largest absolute Gasteiger partial charge is 0.411 e. The zero-order valence-corrected chi connectivity index (χ0v) is 12.5. The van der Waals surface area contributed by atoms with Crippen LogP contribution in [-0.4, -0.2) is 33.9 Å². The average Bonchev–Trinajstić information content (AvgIpc) is 2.45. The SMILES string of the molecule is ON=C1C[C@H]2CCC[C@@H](C1)N2C1C[C@H]2CCC[C@@H](C1)C2. The van der Waals surface area contributed by atoms with Crippen LogP contribution < -0.4 is 0 Å². The van der Waals surface area contributed by atoms with Crippen LogP contribution in [0.4, 0.5) is 0 Å². The van der Waals surface area contributed by atoms with E-state index in [9.17, 15) is 0 Å². The summed E-state index contributed by atoms with van der Waals surface area (Å²) in [6.45, 7) is 0. The molecule has 2 aliphatic carbocycles. The number of fused-ring (bicyclic) bond motifs is 4. The fourth-order valence-corrected chi connectivity index (χ4v) is 5.85. The van der Waals surface area contributed by atoms with Crippen LogP contribution in [0.15, 0.2) is 5.16 Å². The van der Waals surface area contributed by atoms with Crippen molar-refractivity contribution in [1.82, 2.24) is 4.90 Å². The first-order valence-electron chi connectivity index (χ1n) is 8.80. The Morgan fingerprint density at radius 3 is 2.00 bits per heavy atom. The fraction of sp³-hybridized carbons (Fsp3) is 0.941. The van der Waals surface area contributed by atoms with Crippen molar-refractivity contribution in [2.24, 2.45) is 17.0 Å². The molecule has 0 aromatic carbocycles. The molecule has 1 N–H and O–H groups in total. The summed E-state index contributed by atoms with van der Waals surface area (Å²) < 4.78 is 0. The summed E-state index contributed by atoms with van der Waals surface area (Å²) >= 11 is 0. The van der Waals surface area contributed by atoms with Gasteiger partial charge in [0.25, 0.3) is 0 Å². The first kappa shape index (κ1) is 13.1. The molecule has 0 aromatic rings. The lowest BCUT2D eigenvalue weighted by atomic mass is 9.68. The molecule has 2 saturated heterocycles. The summed E-state index contributed by atoms with van der Waals surface area (Å²) in [5.41, 5.74) is 1.06. The third-order valence-corrected chi connectivity index (χ3v) is 6.53. The van der Waals surface area contributed by atoms with Crippen LogP contribution in [0.3, 0.4) is 0 Å². The molecule has 4 rings (SSSR count). The lowest BCUT2D eigenvalue weighted by Crippen LogP contribution is -2.58. The monoisotopic (exact) mass is 276 g/mol. The van der Waals surface area contributed by atoms with Crippen molar-refractivity contribution in [3.8, 4) is 0 Å². The van der Waals surface area contributed by atoms with Crippen LogP contribution in [0, 0.1) is 11.8 Å². The van der Waals surface area contributed by atoms with Gasteiger partial charge >= 0.3 is 0 Å². The van der Waals surface area contributed by atoms with E-state index in [1.165, 1.54) is 57.8 Å². The van der Waals surface area contributed by atoms with Crippen LogP contribution in [0.25, 0.3) is 0 Å². The molecular formula is C17H28N2O. The van der Waals surface area contributed by atoms with Gasteiger partial charge in [0.05, 0.1) is 5.71 Å². The normalized spacial score (nSPS) is 47.4. The zero-order chi connectivity index (χ0) is 13.5. The Hall–Kier alpha value is -0.570. The maximum atomic E-state index is 9.14. The quantitative estimate of drug-likeness (QED) is 0.584. The second-order valence-electron chi connectivity index (χ2n) is 7.78. The molecule has 0 radical (unpaired) electrons. The van der Waals surface area contributed by atoms with Crippen molar-refractivity contribution < 1.29 is 5.21 Å². The number of hydrogen-bond donors (Lipinski definition) is 1. The lowest BCUT2D eigenvalue weighted by molar-refractivity contribution is -0.0150. The Kier molecular flexibility index (Phi) is 3.49. The molecule has 2 heterocycles. The van der Waals surface area contributed by atoms with Crippen molar-refractivity contribution in [2.75, 3.05) is 0 Å². The van der Waals surface area contributed by atoms with Gasteiger partial charge in [-0.2, -0.15) is 0 Å². The van der Waals surface area contributed by atoms with Gasteiger partial charge in [-0.05, 0) is 43.9 Å². The molecule has 3 nitrogen and oxygen atoms in total. The van der Waals surface area contributed by atoms with E-state index in [-0.39, 0.29) is 0 Å². The van der Waals surface area contributed by atoms with Crippen molar-refractivity contribution in [1.29, 1.82) is 0 Å². The second kappa shape index (κ2) is 5.32. The van der Waals surface area contributed by atoms with Crippen molar-refractivity contribution in [2.45, 2.75) is 88.8 Å². The second-order valence-corrected chi connectivity index (χ2v) is 7.78. The van der Waals surface area contributed by atoms with Gasteiger partial charge in [0.15, 0.2) is 0 Å². The minimum atomic E-state index is 0.678. The summed E-state index contributed by atoms with van der Waals surface area (Å²) in [6, 6.07) is 2.20. The highest BCUT2D eigenvalue weighted by Crippen LogP contribution is 2.45. The van der Waals surface area contributed by atoms with E-state index < -0.39 is 0 Å². The maximum absolute atomic E-state index is 9.14. The highest BCUT2D eigenvalue weighted by atomic mass is 16.4. The topological polar surface area (TPSA) is 35.8 Å². The maximum Gasteiger partial charge on any atom is 0.0601 e. The first-order chi connectivity index (χ1) is 9.83. The first-order valence-corrected chi connectivity index (χ1v) is 8.80. The van der Waals surface area contributed by atoms with E-state index in [4.69, 9.17) is 5.21 Å². The van der Waals surface area contributed by atoms with Gasteiger partial charge in [0.1, 0.15) is 0 Å². The summed E-state index contributed by atoms with van der Waals surface area (Å²) in [5.74, 6) is 2.03. The van der Waals surface area contributed by atoms with Crippen molar-refractivity contribution in [3.63, 3.8) is 0 Å². The van der Waals surface area contributed by atoms with E-state index in [2.05, 4.69) is 10.1 Å². The van der Waals surface area contributed by atoms with Gasteiger partial charge in [-0.15, -0.1) is 0 Å². The molecule has 2 aliphatic heterocycles. The zero-order valence-electron chi connectivity index (χ0n) is 12.5.